The van der Waals surface area contributed by atoms with Crippen molar-refractivity contribution in [2.45, 2.75) is 12.3 Å². The minimum atomic E-state index is -4.72. The first kappa shape index (κ1) is 11.3. The average molecular weight is 203 g/mol. The van der Waals surface area contributed by atoms with E-state index in [1.165, 1.54) is 6.92 Å². The Morgan fingerprint density at radius 1 is 1.09 bits per heavy atom. The van der Waals surface area contributed by atoms with Gasteiger partial charge in [0.15, 0.2) is 5.40 Å². The Bertz CT molecular complexity index is 190. The molecule has 0 aliphatic carbocycles. The highest BCUT2D eigenvalue weighted by Gasteiger charge is 2.41. The predicted octanol–water partition coefficient (Wildman–Crippen LogP) is -0.108. The minimum Gasteiger partial charge on any atom is -0.324 e. The van der Waals surface area contributed by atoms with E-state index < -0.39 is 20.6 Å². The van der Waals surface area contributed by atoms with Crippen LogP contribution in [-0.2, 0) is 9.13 Å². The summed E-state index contributed by atoms with van der Waals surface area (Å²) in [5, 5.41) is -1.98. The highest BCUT2D eigenvalue weighted by Crippen LogP contribution is 2.60. The molecule has 0 bridgehead atoms. The molecule has 0 aromatic rings. The predicted molar refractivity (Wildman–Crippen MR) is 37.9 cm³/mol. The molecule has 0 saturated carbocycles. The molecule has 0 amide bonds. The van der Waals surface area contributed by atoms with Gasteiger partial charge in [0.1, 0.15) is 0 Å². The van der Waals surface area contributed by atoms with Crippen molar-refractivity contribution in [2.75, 3.05) is 0 Å². The molecule has 0 unspecified atom stereocenters. The van der Waals surface area contributed by atoms with Gasteiger partial charge in [0.25, 0.3) is 0 Å². The lowest BCUT2D eigenvalue weighted by atomic mass is 10.6. The molecule has 0 saturated heterocycles. The van der Waals surface area contributed by atoms with Crippen molar-refractivity contribution in [1.29, 1.82) is 0 Å². The fourth-order valence-electron chi connectivity index (χ4n) is 0.584. The van der Waals surface area contributed by atoms with Gasteiger partial charge < -0.3 is 19.6 Å². The SMILES string of the molecule is C[CH]C(P(=O)(O)O)P(=O)(O)O. The van der Waals surface area contributed by atoms with E-state index in [1.807, 2.05) is 0 Å². The summed E-state index contributed by atoms with van der Waals surface area (Å²) in [5.41, 5.74) is 0. The fraction of sp³-hybridized carbons (Fsp3) is 0.667. The van der Waals surface area contributed by atoms with Crippen molar-refractivity contribution in [1.82, 2.24) is 0 Å². The molecule has 1 radical (unpaired) electrons. The average Bonchev–Trinajstić information content (AvgIpc) is 1.56. The van der Waals surface area contributed by atoms with Gasteiger partial charge in [-0.1, -0.05) is 6.92 Å². The lowest BCUT2D eigenvalue weighted by Crippen LogP contribution is -2.07. The first-order valence-corrected chi connectivity index (χ1v) is 5.96. The van der Waals surface area contributed by atoms with Crippen LogP contribution in [0, 0.1) is 6.42 Å². The van der Waals surface area contributed by atoms with Gasteiger partial charge in [-0.25, -0.2) is 0 Å². The molecule has 0 spiro atoms. The Morgan fingerprint density at radius 3 is 1.36 bits per heavy atom. The van der Waals surface area contributed by atoms with Crippen LogP contribution in [-0.4, -0.2) is 25.0 Å². The normalized spacial score (nSPS) is 14.0. The summed E-state index contributed by atoms with van der Waals surface area (Å²) in [4.78, 5) is 33.6. The third kappa shape index (κ3) is 3.47. The second-order valence-corrected chi connectivity index (χ2v) is 5.80. The van der Waals surface area contributed by atoms with Crippen molar-refractivity contribution >= 4 is 15.2 Å². The standard InChI is InChI=1S/C3H9O6P2/c1-2-3(10(4,5)6)11(7,8)9/h2-3H,1H3,(H2,4,5,6)(H2,7,8,9). The Labute approximate surface area is 63.6 Å². The van der Waals surface area contributed by atoms with Crippen LogP contribution in [0.3, 0.4) is 0 Å². The third-order valence-corrected chi connectivity index (χ3v) is 4.77. The maximum Gasteiger partial charge on any atom is 0.340 e. The molecule has 0 heterocycles. The molecule has 6 nitrogen and oxygen atoms in total. The maximum atomic E-state index is 10.4. The van der Waals surface area contributed by atoms with Crippen molar-refractivity contribution < 1.29 is 28.7 Å². The van der Waals surface area contributed by atoms with Crippen LogP contribution in [0.5, 0.6) is 0 Å². The molecule has 0 aromatic carbocycles. The molecule has 0 atom stereocenters. The zero-order valence-corrected chi connectivity index (χ0v) is 7.44. The summed E-state index contributed by atoms with van der Waals surface area (Å²) in [6, 6.07) is 0. The van der Waals surface area contributed by atoms with Gasteiger partial charge in [-0.05, 0) is 6.42 Å². The van der Waals surface area contributed by atoms with Gasteiger partial charge >= 0.3 is 15.2 Å². The number of hydrogen-bond donors (Lipinski definition) is 4. The van der Waals surface area contributed by atoms with Crippen molar-refractivity contribution in [3.05, 3.63) is 6.42 Å². The first-order chi connectivity index (χ1) is 4.69. The topological polar surface area (TPSA) is 115 Å². The largest absolute Gasteiger partial charge is 0.340 e. The summed E-state index contributed by atoms with van der Waals surface area (Å²) in [6.07, 6.45) is 0.807. The molecular weight excluding hydrogens is 194 g/mol. The third-order valence-electron chi connectivity index (χ3n) is 0.987. The van der Waals surface area contributed by atoms with Crippen LogP contribution >= 0.6 is 15.2 Å². The summed E-state index contributed by atoms with van der Waals surface area (Å²) in [6.45, 7) is 1.18. The van der Waals surface area contributed by atoms with Gasteiger partial charge in [0.05, 0.1) is 0 Å². The van der Waals surface area contributed by atoms with Gasteiger partial charge in [0, 0.05) is 0 Å². The van der Waals surface area contributed by atoms with Gasteiger partial charge in [-0.15, -0.1) is 0 Å². The summed E-state index contributed by atoms with van der Waals surface area (Å²) in [7, 11) is -9.43. The summed E-state index contributed by atoms with van der Waals surface area (Å²) in [5.74, 6) is 0. The van der Waals surface area contributed by atoms with Crippen molar-refractivity contribution in [3.63, 3.8) is 0 Å². The summed E-state index contributed by atoms with van der Waals surface area (Å²) < 4.78 is 20.8. The van der Waals surface area contributed by atoms with E-state index in [1.54, 1.807) is 0 Å². The van der Waals surface area contributed by atoms with E-state index in [4.69, 9.17) is 19.6 Å². The van der Waals surface area contributed by atoms with E-state index >= 15 is 0 Å². The molecule has 11 heavy (non-hydrogen) atoms. The smallest absolute Gasteiger partial charge is 0.324 e. The van der Waals surface area contributed by atoms with Crippen LogP contribution < -0.4 is 0 Å². The van der Waals surface area contributed by atoms with Crippen molar-refractivity contribution in [3.8, 4) is 0 Å². The van der Waals surface area contributed by atoms with Gasteiger partial charge in [-0.3, -0.25) is 9.13 Å². The molecule has 4 N–H and O–H groups in total. The zero-order chi connectivity index (χ0) is 9.28. The fourth-order valence-corrected chi connectivity index (χ4v) is 2.93. The molecule has 67 valence electrons. The highest BCUT2D eigenvalue weighted by atomic mass is 31.2. The van der Waals surface area contributed by atoms with Crippen LogP contribution in [0.2, 0.25) is 0 Å². The lowest BCUT2D eigenvalue weighted by molar-refractivity contribution is 0.344. The van der Waals surface area contributed by atoms with E-state index in [0.717, 1.165) is 6.42 Å². The van der Waals surface area contributed by atoms with Crippen LogP contribution in [0.1, 0.15) is 6.92 Å². The maximum absolute atomic E-state index is 10.4. The van der Waals surface area contributed by atoms with Gasteiger partial charge in [-0.2, -0.15) is 0 Å². The lowest BCUT2D eigenvalue weighted by Gasteiger charge is -2.16. The first-order valence-electron chi connectivity index (χ1n) is 2.59. The zero-order valence-electron chi connectivity index (χ0n) is 5.65. The van der Waals surface area contributed by atoms with Crippen LogP contribution in [0.15, 0.2) is 0 Å². The molecule has 8 heteroatoms. The molecule has 0 fully saturated rings. The quantitative estimate of drug-likeness (QED) is 0.475. The van der Waals surface area contributed by atoms with Crippen LogP contribution in [0.25, 0.3) is 0 Å². The van der Waals surface area contributed by atoms with E-state index in [2.05, 4.69) is 0 Å². The molecule has 0 aliphatic heterocycles. The van der Waals surface area contributed by atoms with E-state index in [-0.39, 0.29) is 0 Å². The summed E-state index contributed by atoms with van der Waals surface area (Å²) >= 11 is 0. The molecule has 0 aliphatic rings. The Hall–Kier alpha value is 0.300. The van der Waals surface area contributed by atoms with Gasteiger partial charge in [0.2, 0.25) is 0 Å². The molecule has 0 aromatic heterocycles. The number of hydrogen-bond acceptors (Lipinski definition) is 2. The van der Waals surface area contributed by atoms with E-state index in [9.17, 15) is 9.13 Å². The van der Waals surface area contributed by atoms with Crippen LogP contribution in [0.4, 0.5) is 0 Å². The molecular formula is C3H9O6P2. The van der Waals surface area contributed by atoms with E-state index in [0.29, 0.717) is 0 Å². The Morgan fingerprint density at radius 2 is 1.36 bits per heavy atom. The second-order valence-electron chi connectivity index (χ2n) is 1.93. The minimum absolute atomic E-state index is 0.807. The monoisotopic (exact) mass is 203 g/mol. The molecule has 0 rings (SSSR count). The second kappa shape index (κ2) is 3.35. The highest BCUT2D eigenvalue weighted by molar-refractivity contribution is 7.71. The van der Waals surface area contributed by atoms with Crippen molar-refractivity contribution in [2.24, 2.45) is 0 Å². The Balaban J connectivity index is 4.72. The Kier molecular flexibility index (Phi) is 3.44. The number of rotatable bonds is 3.